The molecule has 2 aromatic rings. The van der Waals surface area contributed by atoms with E-state index in [4.69, 9.17) is 0 Å². The van der Waals surface area contributed by atoms with E-state index in [-0.39, 0.29) is 18.1 Å². The zero-order chi connectivity index (χ0) is 15.2. The third-order valence-corrected chi connectivity index (χ3v) is 2.93. The second-order valence-corrected chi connectivity index (χ2v) is 4.35. The van der Waals surface area contributed by atoms with Gasteiger partial charge in [-0.15, -0.1) is 6.58 Å². The zero-order valence-corrected chi connectivity index (χ0v) is 11.3. The fourth-order valence-electron chi connectivity index (χ4n) is 1.95. The molecule has 0 spiro atoms. The molecule has 106 valence electrons. The van der Waals surface area contributed by atoms with Gasteiger partial charge in [0.1, 0.15) is 0 Å². The topological polar surface area (TPSA) is 63.5 Å². The summed E-state index contributed by atoms with van der Waals surface area (Å²) in [5, 5.41) is 10.9. The minimum absolute atomic E-state index is 0.0533. The van der Waals surface area contributed by atoms with Crippen LogP contribution in [0.2, 0.25) is 0 Å². The molecule has 1 amide bonds. The monoisotopic (exact) mass is 282 g/mol. The molecular weight excluding hydrogens is 268 g/mol. The molecule has 0 saturated heterocycles. The number of carbonyl (C=O) groups excluding carboxylic acids is 1. The second kappa shape index (κ2) is 6.47. The highest BCUT2D eigenvalue weighted by atomic mass is 16.6. The van der Waals surface area contributed by atoms with Gasteiger partial charge in [-0.25, -0.2) is 0 Å². The van der Waals surface area contributed by atoms with Crippen molar-refractivity contribution >= 4 is 17.3 Å². The molecule has 0 unspecified atom stereocenters. The van der Waals surface area contributed by atoms with Gasteiger partial charge in [0.05, 0.1) is 10.6 Å². The molecule has 0 N–H and O–H groups in total. The number of non-ortho nitro benzene ring substituents is 1. The lowest BCUT2D eigenvalue weighted by Gasteiger charge is -2.21. The number of carbonyl (C=O) groups is 1. The molecule has 0 aliphatic carbocycles. The van der Waals surface area contributed by atoms with E-state index in [1.54, 1.807) is 42.5 Å². The van der Waals surface area contributed by atoms with Crippen molar-refractivity contribution in [3.63, 3.8) is 0 Å². The first kappa shape index (κ1) is 14.5. The summed E-state index contributed by atoms with van der Waals surface area (Å²) < 4.78 is 0. The van der Waals surface area contributed by atoms with E-state index in [1.165, 1.54) is 17.0 Å². The second-order valence-electron chi connectivity index (χ2n) is 4.35. The van der Waals surface area contributed by atoms with Crippen molar-refractivity contribution in [1.29, 1.82) is 0 Å². The van der Waals surface area contributed by atoms with Crippen molar-refractivity contribution in [2.75, 3.05) is 11.4 Å². The summed E-state index contributed by atoms with van der Waals surface area (Å²) in [4.78, 5) is 24.4. The van der Waals surface area contributed by atoms with E-state index in [9.17, 15) is 14.9 Å². The fourth-order valence-corrected chi connectivity index (χ4v) is 1.95. The highest BCUT2D eigenvalue weighted by molar-refractivity contribution is 6.06. The molecule has 2 rings (SSSR count). The molecule has 0 bridgehead atoms. The lowest BCUT2D eigenvalue weighted by Crippen LogP contribution is -2.31. The summed E-state index contributed by atoms with van der Waals surface area (Å²) in [6, 6.07) is 14.8. The molecule has 5 nitrogen and oxygen atoms in total. The lowest BCUT2D eigenvalue weighted by molar-refractivity contribution is -0.384. The van der Waals surface area contributed by atoms with Crippen LogP contribution in [0.15, 0.2) is 67.3 Å². The van der Waals surface area contributed by atoms with Crippen LogP contribution in [0.1, 0.15) is 10.4 Å². The number of amides is 1. The van der Waals surface area contributed by atoms with Gasteiger partial charge in [-0.3, -0.25) is 14.9 Å². The maximum atomic E-state index is 12.5. The summed E-state index contributed by atoms with van der Waals surface area (Å²) >= 11 is 0. The van der Waals surface area contributed by atoms with Gasteiger partial charge in [0, 0.05) is 24.2 Å². The van der Waals surface area contributed by atoms with Gasteiger partial charge < -0.3 is 4.90 Å². The van der Waals surface area contributed by atoms with Crippen LogP contribution < -0.4 is 4.90 Å². The molecule has 2 aromatic carbocycles. The molecule has 21 heavy (non-hydrogen) atoms. The average molecular weight is 282 g/mol. The van der Waals surface area contributed by atoms with Crippen LogP contribution in [0, 0.1) is 10.1 Å². The van der Waals surface area contributed by atoms with Gasteiger partial charge >= 0.3 is 0 Å². The lowest BCUT2D eigenvalue weighted by atomic mass is 10.1. The summed E-state index contributed by atoms with van der Waals surface area (Å²) in [7, 11) is 0. The number of nitro groups is 1. The Kier molecular flexibility index (Phi) is 4.46. The predicted molar refractivity (Wildman–Crippen MR) is 81.4 cm³/mol. The summed E-state index contributed by atoms with van der Waals surface area (Å²) in [6.45, 7) is 3.90. The van der Waals surface area contributed by atoms with Crippen molar-refractivity contribution in [3.8, 4) is 0 Å². The number of anilines is 1. The van der Waals surface area contributed by atoms with Crippen molar-refractivity contribution in [2.45, 2.75) is 0 Å². The Bertz CT molecular complexity index is 668. The Morgan fingerprint density at radius 2 is 1.90 bits per heavy atom. The normalized spacial score (nSPS) is 9.90. The standard InChI is InChI=1S/C16H14N2O3/c1-2-11-17(16(19)13-7-4-3-5-8-13)14-9-6-10-15(12-14)18(20)21/h2-10,12H,1,11H2. The SMILES string of the molecule is C=CCN(C(=O)c1ccccc1)c1cccc([N+](=O)[O-])c1. The van der Waals surface area contributed by atoms with Crippen LogP contribution in [-0.2, 0) is 0 Å². The van der Waals surface area contributed by atoms with Crippen LogP contribution in [0.5, 0.6) is 0 Å². The maximum absolute atomic E-state index is 12.5. The van der Waals surface area contributed by atoms with Gasteiger partial charge in [0.2, 0.25) is 0 Å². The minimum Gasteiger partial charge on any atom is -0.304 e. The van der Waals surface area contributed by atoms with Gasteiger partial charge in [0.25, 0.3) is 11.6 Å². The fraction of sp³-hybridized carbons (Fsp3) is 0.0625. The highest BCUT2D eigenvalue weighted by Gasteiger charge is 2.18. The zero-order valence-electron chi connectivity index (χ0n) is 11.3. The molecule has 5 heteroatoms. The van der Waals surface area contributed by atoms with Gasteiger partial charge in [-0.05, 0) is 18.2 Å². The number of nitro benzene ring substituents is 1. The van der Waals surface area contributed by atoms with Crippen LogP contribution in [-0.4, -0.2) is 17.4 Å². The molecular formula is C16H14N2O3. The molecule has 0 atom stereocenters. The quantitative estimate of drug-likeness (QED) is 0.479. The van der Waals surface area contributed by atoms with Gasteiger partial charge in [-0.1, -0.05) is 30.3 Å². The van der Waals surface area contributed by atoms with E-state index in [0.29, 0.717) is 11.3 Å². The number of benzene rings is 2. The largest absolute Gasteiger partial charge is 0.304 e. The van der Waals surface area contributed by atoms with Crippen LogP contribution in [0.3, 0.4) is 0 Å². The Morgan fingerprint density at radius 1 is 1.19 bits per heavy atom. The highest BCUT2D eigenvalue weighted by Crippen LogP contribution is 2.22. The van der Waals surface area contributed by atoms with Crippen LogP contribution >= 0.6 is 0 Å². The first-order valence-electron chi connectivity index (χ1n) is 6.35. The number of hydrogen-bond acceptors (Lipinski definition) is 3. The number of nitrogens with zero attached hydrogens (tertiary/aromatic N) is 2. The Hall–Kier alpha value is -2.95. The van der Waals surface area contributed by atoms with Gasteiger partial charge in [-0.2, -0.15) is 0 Å². The van der Waals surface area contributed by atoms with Crippen molar-refractivity contribution < 1.29 is 9.72 Å². The van der Waals surface area contributed by atoms with Crippen LogP contribution in [0.4, 0.5) is 11.4 Å². The van der Waals surface area contributed by atoms with Crippen molar-refractivity contribution in [2.24, 2.45) is 0 Å². The van der Waals surface area contributed by atoms with E-state index < -0.39 is 4.92 Å². The molecule has 0 radical (unpaired) electrons. The molecule has 0 heterocycles. The van der Waals surface area contributed by atoms with Crippen molar-refractivity contribution in [1.82, 2.24) is 0 Å². The van der Waals surface area contributed by atoms with Crippen LogP contribution in [0.25, 0.3) is 0 Å². The Morgan fingerprint density at radius 3 is 2.52 bits per heavy atom. The summed E-state index contributed by atoms with van der Waals surface area (Å²) in [6.07, 6.45) is 1.58. The minimum atomic E-state index is -0.484. The molecule has 0 aliphatic rings. The van der Waals surface area contributed by atoms with E-state index >= 15 is 0 Å². The summed E-state index contributed by atoms with van der Waals surface area (Å²) in [5.41, 5.74) is 0.936. The molecule has 0 saturated carbocycles. The predicted octanol–water partition coefficient (Wildman–Crippen LogP) is 3.43. The Balaban J connectivity index is 2.39. The van der Waals surface area contributed by atoms with E-state index in [0.717, 1.165) is 0 Å². The number of hydrogen-bond donors (Lipinski definition) is 0. The van der Waals surface area contributed by atoms with Gasteiger partial charge in [0.15, 0.2) is 0 Å². The first-order valence-corrected chi connectivity index (χ1v) is 6.35. The smallest absolute Gasteiger partial charge is 0.271 e. The number of rotatable bonds is 5. The third-order valence-electron chi connectivity index (χ3n) is 2.93. The molecule has 0 fully saturated rings. The molecule has 0 aromatic heterocycles. The van der Waals surface area contributed by atoms with E-state index in [1.807, 2.05) is 6.07 Å². The Labute approximate surface area is 122 Å². The third kappa shape index (κ3) is 3.33. The van der Waals surface area contributed by atoms with E-state index in [2.05, 4.69) is 6.58 Å². The maximum Gasteiger partial charge on any atom is 0.271 e. The average Bonchev–Trinajstić information content (AvgIpc) is 2.53. The first-order chi connectivity index (χ1) is 10.1. The summed E-state index contributed by atoms with van der Waals surface area (Å²) in [5.74, 6) is -0.226. The van der Waals surface area contributed by atoms with Crippen molar-refractivity contribution in [3.05, 3.63) is 82.9 Å². The molecule has 0 aliphatic heterocycles.